The van der Waals surface area contributed by atoms with Crippen molar-refractivity contribution in [1.82, 2.24) is 5.32 Å². The van der Waals surface area contributed by atoms with Crippen molar-refractivity contribution in [2.24, 2.45) is 0 Å². The molecule has 1 atom stereocenters. The smallest absolute Gasteiger partial charge is 0.244 e. The summed E-state index contributed by atoms with van der Waals surface area (Å²) in [5.74, 6) is 0.522. The van der Waals surface area contributed by atoms with Gasteiger partial charge in [0.15, 0.2) is 8.32 Å². The molecule has 0 fully saturated rings. The van der Waals surface area contributed by atoms with E-state index in [4.69, 9.17) is 9.16 Å². The van der Waals surface area contributed by atoms with Crippen molar-refractivity contribution in [3.63, 3.8) is 0 Å². The van der Waals surface area contributed by atoms with Gasteiger partial charge in [0.25, 0.3) is 0 Å². The number of aliphatic hydroxyl groups excluding tert-OH is 1. The van der Waals surface area contributed by atoms with Crippen molar-refractivity contribution >= 4 is 20.3 Å². The highest BCUT2D eigenvalue weighted by molar-refractivity contribution is 6.74. The SMILES string of the molecule is COc1ccc(C=CC(=O)NCC(O)CO[Si](C)(C)C(C)(C)C)cc1. The lowest BCUT2D eigenvalue weighted by atomic mass is 10.2. The Hall–Kier alpha value is -1.63. The first-order chi connectivity index (χ1) is 11.5. The molecule has 1 rings (SSSR count). The number of aliphatic hydroxyl groups is 1. The van der Waals surface area contributed by atoms with Crippen LogP contribution in [0.1, 0.15) is 26.3 Å². The Balaban J connectivity index is 2.38. The van der Waals surface area contributed by atoms with Crippen LogP contribution in [0.25, 0.3) is 6.08 Å². The molecule has 140 valence electrons. The number of nitrogens with one attached hydrogen (secondary N) is 1. The zero-order valence-corrected chi connectivity index (χ0v) is 17.1. The standard InChI is InChI=1S/C19H31NO4Si/c1-19(2,3)25(5,6)24-14-16(21)13-20-18(22)12-9-15-7-10-17(23-4)11-8-15/h7-12,16,21H,13-14H2,1-6H3,(H,20,22). The summed E-state index contributed by atoms with van der Waals surface area (Å²) >= 11 is 0. The van der Waals surface area contributed by atoms with E-state index in [1.807, 2.05) is 24.3 Å². The van der Waals surface area contributed by atoms with Crippen LogP contribution in [0.15, 0.2) is 30.3 Å². The van der Waals surface area contributed by atoms with Crippen LogP contribution in [0, 0.1) is 0 Å². The summed E-state index contributed by atoms with van der Waals surface area (Å²) in [4.78, 5) is 11.8. The van der Waals surface area contributed by atoms with Crippen LogP contribution in [0.3, 0.4) is 0 Å². The number of ether oxygens (including phenoxy) is 1. The predicted octanol–water partition coefficient (Wildman–Crippen LogP) is 3.21. The van der Waals surface area contributed by atoms with Gasteiger partial charge in [-0.05, 0) is 41.9 Å². The monoisotopic (exact) mass is 365 g/mol. The lowest BCUT2D eigenvalue weighted by molar-refractivity contribution is -0.117. The number of benzene rings is 1. The van der Waals surface area contributed by atoms with E-state index in [-0.39, 0.29) is 24.1 Å². The average molecular weight is 366 g/mol. The number of hydrogen-bond acceptors (Lipinski definition) is 4. The molecular weight excluding hydrogens is 334 g/mol. The highest BCUT2D eigenvalue weighted by Gasteiger charge is 2.37. The van der Waals surface area contributed by atoms with Gasteiger partial charge in [-0.15, -0.1) is 0 Å². The topological polar surface area (TPSA) is 67.8 Å². The Morgan fingerprint density at radius 2 is 1.88 bits per heavy atom. The van der Waals surface area contributed by atoms with Crippen LogP contribution < -0.4 is 10.1 Å². The largest absolute Gasteiger partial charge is 0.497 e. The lowest BCUT2D eigenvalue weighted by Gasteiger charge is -2.36. The van der Waals surface area contributed by atoms with E-state index in [0.29, 0.717) is 0 Å². The summed E-state index contributed by atoms with van der Waals surface area (Å²) in [5, 5.41) is 12.8. The molecule has 0 radical (unpaired) electrons. The predicted molar refractivity (Wildman–Crippen MR) is 104 cm³/mol. The van der Waals surface area contributed by atoms with E-state index in [9.17, 15) is 9.90 Å². The van der Waals surface area contributed by atoms with Crippen molar-refractivity contribution < 1.29 is 19.1 Å². The van der Waals surface area contributed by atoms with Crippen LogP contribution in [0.5, 0.6) is 5.75 Å². The van der Waals surface area contributed by atoms with Crippen LogP contribution in [0.4, 0.5) is 0 Å². The maximum atomic E-state index is 11.8. The van der Waals surface area contributed by atoms with Crippen LogP contribution >= 0.6 is 0 Å². The van der Waals surface area contributed by atoms with Gasteiger partial charge in [0, 0.05) is 12.6 Å². The summed E-state index contributed by atoms with van der Waals surface area (Å²) in [5.41, 5.74) is 0.901. The maximum Gasteiger partial charge on any atom is 0.244 e. The van der Waals surface area contributed by atoms with E-state index in [0.717, 1.165) is 11.3 Å². The van der Waals surface area contributed by atoms with Crippen LogP contribution in [-0.4, -0.2) is 45.7 Å². The molecule has 0 heterocycles. The number of carbonyl (C=O) groups excluding carboxylic acids is 1. The Bertz CT molecular complexity index is 576. The van der Waals surface area contributed by atoms with Crippen LogP contribution in [0.2, 0.25) is 18.1 Å². The minimum absolute atomic E-state index is 0.0943. The molecule has 1 amide bonds. The van der Waals surface area contributed by atoms with E-state index in [2.05, 4.69) is 39.2 Å². The summed E-state index contributed by atoms with van der Waals surface area (Å²) < 4.78 is 11.0. The van der Waals surface area contributed by atoms with E-state index < -0.39 is 14.4 Å². The first-order valence-corrected chi connectivity index (χ1v) is 11.4. The van der Waals surface area contributed by atoms with Gasteiger partial charge in [-0.2, -0.15) is 0 Å². The highest BCUT2D eigenvalue weighted by Crippen LogP contribution is 2.36. The molecule has 1 aromatic carbocycles. The molecule has 0 aromatic heterocycles. The first-order valence-electron chi connectivity index (χ1n) is 8.47. The Morgan fingerprint density at radius 1 is 1.28 bits per heavy atom. The second-order valence-corrected chi connectivity index (χ2v) is 12.4. The number of hydrogen-bond donors (Lipinski definition) is 2. The van der Waals surface area contributed by atoms with E-state index >= 15 is 0 Å². The van der Waals surface area contributed by atoms with Gasteiger partial charge in [-0.1, -0.05) is 32.9 Å². The number of amides is 1. The molecule has 0 saturated carbocycles. The highest BCUT2D eigenvalue weighted by atomic mass is 28.4. The second-order valence-electron chi connectivity index (χ2n) is 7.58. The fraction of sp³-hybridized carbons (Fsp3) is 0.526. The van der Waals surface area contributed by atoms with Gasteiger partial charge in [0.1, 0.15) is 5.75 Å². The van der Waals surface area contributed by atoms with Crippen molar-refractivity contribution in [2.75, 3.05) is 20.3 Å². The quantitative estimate of drug-likeness (QED) is 0.548. The normalized spacial score (nSPS) is 13.7. The average Bonchev–Trinajstić information content (AvgIpc) is 2.55. The van der Waals surface area contributed by atoms with Crippen molar-refractivity contribution in [2.45, 2.75) is 45.0 Å². The molecule has 0 aliphatic rings. The Morgan fingerprint density at radius 3 is 2.40 bits per heavy atom. The Labute approximate surface area is 152 Å². The second kappa shape index (κ2) is 9.17. The Kier molecular flexibility index (Phi) is 7.85. The molecule has 25 heavy (non-hydrogen) atoms. The van der Waals surface area contributed by atoms with Crippen LogP contribution in [-0.2, 0) is 9.22 Å². The molecule has 1 aromatic rings. The lowest BCUT2D eigenvalue weighted by Crippen LogP contribution is -2.44. The third-order valence-electron chi connectivity index (χ3n) is 4.50. The number of rotatable bonds is 8. The van der Waals surface area contributed by atoms with Gasteiger partial charge >= 0.3 is 0 Å². The summed E-state index contributed by atoms with van der Waals surface area (Å²) in [7, 11) is -0.278. The fourth-order valence-corrected chi connectivity index (χ4v) is 2.79. The first kappa shape index (κ1) is 21.4. The van der Waals surface area contributed by atoms with E-state index in [1.165, 1.54) is 6.08 Å². The fourth-order valence-electron chi connectivity index (χ4n) is 1.74. The molecule has 0 spiro atoms. The van der Waals surface area contributed by atoms with Gasteiger partial charge in [0.2, 0.25) is 5.91 Å². The van der Waals surface area contributed by atoms with Crippen molar-refractivity contribution in [1.29, 1.82) is 0 Å². The molecular formula is C19H31NO4Si. The van der Waals surface area contributed by atoms with Gasteiger partial charge in [-0.25, -0.2) is 0 Å². The molecule has 0 aliphatic heterocycles. The third-order valence-corrected chi connectivity index (χ3v) is 9.00. The number of methoxy groups -OCH3 is 1. The zero-order valence-electron chi connectivity index (χ0n) is 16.1. The summed E-state index contributed by atoms with van der Waals surface area (Å²) in [6.45, 7) is 11.1. The zero-order chi connectivity index (χ0) is 19.1. The van der Waals surface area contributed by atoms with Crippen molar-refractivity contribution in [3.8, 4) is 5.75 Å². The molecule has 0 saturated heterocycles. The van der Waals surface area contributed by atoms with Crippen molar-refractivity contribution in [3.05, 3.63) is 35.9 Å². The third kappa shape index (κ3) is 7.42. The minimum atomic E-state index is -1.89. The molecule has 5 nitrogen and oxygen atoms in total. The molecule has 1 unspecified atom stereocenters. The molecule has 6 heteroatoms. The number of carbonyl (C=O) groups is 1. The minimum Gasteiger partial charge on any atom is -0.497 e. The summed E-state index contributed by atoms with van der Waals surface area (Å²) in [6.07, 6.45) is 2.45. The maximum absolute atomic E-state index is 11.8. The van der Waals surface area contributed by atoms with E-state index in [1.54, 1.807) is 13.2 Å². The molecule has 2 N–H and O–H groups in total. The van der Waals surface area contributed by atoms with Gasteiger partial charge in [0.05, 0.1) is 19.8 Å². The molecule has 0 aliphatic carbocycles. The molecule has 0 bridgehead atoms. The summed E-state index contributed by atoms with van der Waals surface area (Å²) in [6, 6.07) is 7.40. The van der Waals surface area contributed by atoms with Gasteiger partial charge in [-0.3, -0.25) is 4.79 Å². The van der Waals surface area contributed by atoms with Gasteiger partial charge < -0.3 is 19.6 Å².